The highest BCUT2D eigenvalue weighted by Crippen LogP contribution is 2.49. The van der Waals surface area contributed by atoms with Gasteiger partial charge in [0.25, 0.3) is 0 Å². The molecule has 1 aromatic heterocycles. The van der Waals surface area contributed by atoms with E-state index in [1.54, 1.807) is 13.2 Å². The van der Waals surface area contributed by atoms with Gasteiger partial charge in [0.05, 0.1) is 32.7 Å². The van der Waals surface area contributed by atoms with E-state index in [-0.39, 0.29) is 25.1 Å². The molecule has 2 aromatic rings. The second-order valence-electron chi connectivity index (χ2n) is 10.7. The van der Waals surface area contributed by atoms with Crippen LogP contribution in [0.3, 0.4) is 0 Å². The number of ether oxygens (including phenoxy) is 2. The van der Waals surface area contributed by atoms with Crippen LogP contribution < -0.4 is 9.64 Å². The van der Waals surface area contributed by atoms with Crippen molar-refractivity contribution in [1.29, 1.82) is 0 Å². The number of rotatable bonds is 10. The molecule has 0 unspecified atom stereocenters. The van der Waals surface area contributed by atoms with Gasteiger partial charge in [-0.3, -0.25) is 4.79 Å². The van der Waals surface area contributed by atoms with Crippen molar-refractivity contribution in [3.05, 3.63) is 47.5 Å². The summed E-state index contributed by atoms with van der Waals surface area (Å²) in [5, 5.41) is 0. The van der Waals surface area contributed by atoms with Gasteiger partial charge in [-0.05, 0) is 55.1 Å². The van der Waals surface area contributed by atoms with Gasteiger partial charge in [0.15, 0.2) is 12.3 Å². The van der Waals surface area contributed by atoms with E-state index < -0.39 is 24.1 Å². The third-order valence-corrected chi connectivity index (χ3v) is 8.07. The van der Waals surface area contributed by atoms with Crippen LogP contribution in [0, 0.1) is 23.6 Å². The van der Waals surface area contributed by atoms with Crippen molar-refractivity contribution in [3.63, 3.8) is 0 Å². The first-order valence-corrected chi connectivity index (χ1v) is 13.4. The van der Waals surface area contributed by atoms with Gasteiger partial charge in [0.2, 0.25) is 11.9 Å². The van der Waals surface area contributed by atoms with Gasteiger partial charge in [-0.1, -0.05) is 6.07 Å². The van der Waals surface area contributed by atoms with Gasteiger partial charge in [-0.25, -0.2) is 23.1 Å². The van der Waals surface area contributed by atoms with Crippen molar-refractivity contribution in [3.8, 4) is 5.75 Å². The summed E-state index contributed by atoms with van der Waals surface area (Å²) in [7, 11) is 1.66. The molecular weight excluding hydrogens is 497 g/mol. The van der Waals surface area contributed by atoms with Crippen molar-refractivity contribution < 1.29 is 27.4 Å². The van der Waals surface area contributed by atoms with Crippen LogP contribution in [0.25, 0.3) is 0 Å². The average Bonchev–Trinajstić information content (AvgIpc) is 3.61. The topological polar surface area (TPSA) is 67.8 Å². The van der Waals surface area contributed by atoms with Gasteiger partial charge >= 0.3 is 0 Å². The van der Waals surface area contributed by atoms with Crippen molar-refractivity contribution in [2.45, 2.75) is 51.1 Å². The highest BCUT2D eigenvalue weighted by molar-refractivity contribution is 5.79. The fourth-order valence-corrected chi connectivity index (χ4v) is 5.75. The summed E-state index contributed by atoms with van der Waals surface area (Å²) in [4.78, 5) is 24.6. The summed E-state index contributed by atoms with van der Waals surface area (Å²) in [6, 6.07) is 4.45. The molecule has 3 fully saturated rings. The van der Waals surface area contributed by atoms with Gasteiger partial charge in [-0.2, -0.15) is 0 Å². The van der Waals surface area contributed by atoms with E-state index in [0.717, 1.165) is 48.8 Å². The largest absolute Gasteiger partial charge is 0.493 e. The number of piperidine rings is 1. The maximum absolute atomic E-state index is 14.5. The van der Waals surface area contributed by atoms with Crippen LogP contribution in [0.5, 0.6) is 5.75 Å². The standard InChI is InChI=1S/C28H35F3N4O3/c1-37-17-18-13-32-28(33-14-18)34-7-4-19(5-8-34)23-10-20(23)6-9-38-22-3-2-21(24(29)12-22)11-27(36)35-15-25(30)26(31)16-35/h2-3,12-14,19-20,23,25-26H,4-11,15-17H2,1H3/t20-,23-,25-,26-/m0/s1. The molecule has 206 valence electrons. The van der Waals surface area contributed by atoms with Gasteiger partial charge in [0.1, 0.15) is 11.6 Å². The van der Waals surface area contributed by atoms with Crippen LogP contribution in [-0.2, 0) is 22.6 Å². The number of anilines is 1. The van der Waals surface area contributed by atoms with Crippen molar-refractivity contribution in [2.75, 3.05) is 44.8 Å². The Bertz CT molecular complexity index is 1090. The summed E-state index contributed by atoms with van der Waals surface area (Å²) in [5.41, 5.74) is 1.17. The third-order valence-electron chi connectivity index (χ3n) is 8.07. The van der Waals surface area contributed by atoms with Crippen molar-refractivity contribution >= 4 is 11.9 Å². The van der Waals surface area contributed by atoms with Gasteiger partial charge in [-0.15, -0.1) is 0 Å². The Morgan fingerprint density at radius 2 is 1.82 bits per heavy atom. The Hall–Kier alpha value is -2.88. The van der Waals surface area contributed by atoms with Crippen LogP contribution in [0.15, 0.2) is 30.6 Å². The highest BCUT2D eigenvalue weighted by Gasteiger charge is 2.43. The van der Waals surface area contributed by atoms with E-state index in [0.29, 0.717) is 36.7 Å². The van der Waals surface area contributed by atoms with Crippen molar-refractivity contribution in [2.24, 2.45) is 17.8 Å². The number of amides is 1. The molecule has 3 heterocycles. The Morgan fingerprint density at radius 3 is 2.47 bits per heavy atom. The molecule has 10 heteroatoms. The molecular formula is C28H35F3N4O3. The lowest BCUT2D eigenvalue weighted by atomic mass is 9.90. The lowest BCUT2D eigenvalue weighted by Crippen LogP contribution is -2.35. The molecule has 1 amide bonds. The zero-order chi connectivity index (χ0) is 26.6. The summed E-state index contributed by atoms with van der Waals surface area (Å²) in [5.74, 6) is 2.25. The number of methoxy groups -OCH3 is 1. The number of aromatic nitrogens is 2. The number of hydrogen-bond acceptors (Lipinski definition) is 6. The SMILES string of the molecule is COCc1cnc(N2CCC([C@@H]3C[C@@H]3CCOc3ccc(CC(=O)N4C[C@H](F)[C@@H](F)C4)c(F)c3)CC2)nc1. The third kappa shape index (κ3) is 6.39. The predicted octanol–water partition coefficient (Wildman–Crippen LogP) is 4.14. The zero-order valence-corrected chi connectivity index (χ0v) is 21.7. The number of halogens is 3. The quantitative estimate of drug-likeness (QED) is 0.458. The average molecular weight is 533 g/mol. The van der Waals surface area contributed by atoms with E-state index in [4.69, 9.17) is 9.47 Å². The van der Waals surface area contributed by atoms with Crippen LogP contribution in [0.1, 0.15) is 36.8 Å². The molecule has 0 bridgehead atoms. The number of likely N-dealkylation sites (tertiary alicyclic amines) is 1. The molecule has 5 rings (SSSR count). The molecule has 4 atom stereocenters. The maximum atomic E-state index is 14.5. The van der Waals surface area contributed by atoms with Crippen molar-refractivity contribution in [1.82, 2.24) is 14.9 Å². The van der Waals surface area contributed by atoms with E-state index >= 15 is 0 Å². The predicted molar refractivity (Wildman–Crippen MR) is 136 cm³/mol. The molecule has 38 heavy (non-hydrogen) atoms. The van der Waals surface area contributed by atoms with E-state index in [9.17, 15) is 18.0 Å². The minimum absolute atomic E-state index is 0.199. The number of carbonyl (C=O) groups excluding carboxylic acids is 1. The Morgan fingerprint density at radius 1 is 1.11 bits per heavy atom. The Balaban J connectivity index is 1.01. The number of hydrogen-bond donors (Lipinski definition) is 0. The smallest absolute Gasteiger partial charge is 0.227 e. The molecule has 0 N–H and O–H groups in total. The Kier molecular flexibility index (Phi) is 8.35. The van der Waals surface area contributed by atoms with E-state index in [1.165, 1.54) is 18.6 Å². The molecule has 1 aliphatic carbocycles. The first-order chi connectivity index (χ1) is 18.4. The second-order valence-corrected chi connectivity index (χ2v) is 10.7. The first kappa shape index (κ1) is 26.7. The molecule has 7 nitrogen and oxygen atoms in total. The highest BCUT2D eigenvalue weighted by atomic mass is 19.2. The Labute approximate surface area is 221 Å². The molecule has 0 radical (unpaired) electrons. The molecule has 1 saturated carbocycles. The van der Waals surface area contributed by atoms with Crippen LogP contribution in [0.2, 0.25) is 0 Å². The van der Waals surface area contributed by atoms with E-state index in [1.807, 2.05) is 12.4 Å². The lowest BCUT2D eigenvalue weighted by Gasteiger charge is -2.32. The first-order valence-electron chi connectivity index (χ1n) is 13.4. The summed E-state index contributed by atoms with van der Waals surface area (Å²) < 4.78 is 52.2. The van der Waals surface area contributed by atoms with Gasteiger partial charge < -0.3 is 19.3 Å². The number of alkyl halides is 2. The monoisotopic (exact) mass is 532 g/mol. The molecule has 0 spiro atoms. The molecule has 1 aromatic carbocycles. The number of carbonyl (C=O) groups is 1. The minimum atomic E-state index is -1.67. The van der Waals surface area contributed by atoms with E-state index in [2.05, 4.69) is 14.9 Å². The van der Waals surface area contributed by atoms with Crippen LogP contribution in [-0.4, -0.2) is 73.0 Å². The second kappa shape index (κ2) is 11.9. The summed E-state index contributed by atoms with van der Waals surface area (Å²) in [6.45, 7) is 2.40. The van der Waals surface area contributed by atoms with Gasteiger partial charge in [0, 0.05) is 44.2 Å². The van der Waals surface area contributed by atoms with Crippen LogP contribution in [0.4, 0.5) is 19.1 Å². The maximum Gasteiger partial charge on any atom is 0.227 e. The number of nitrogens with zero attached hydrogens (tertiary/aromatic N) is 4. The molecule has 3 aliphatic rings. The zero-order valence-electron chi connectivity index (χ0n) is 21.7. The molecule has 2 saturated heterocycles. The van der Waals surface area contributed by atoms with Crippen LogP contribution >= 0.6 is 0 Å². The molecule has 2 aliphatic heterocycles. The number of benzene rings is 1. The lowest BCUT2D eigenvalue weighted by molar-refractivity contribution is -0.129. The summed E-state index contributed by atoms with van der Waals surface area (Å²) >= 11 is 0. The fraction of sp³-hybridized carbons (Fsp3) is 0.607. The normalized spacial score (nSPS) is 25.6. The fourth-order valence-electron chi connectivity index (χ4n) is 5.75. The minimum Gasteiger partial charge on any atom is -0.493 e. The summed E-state index contributed by atoms with van der Waals surface area (Å²) in [6.07, 6.45) is 4.49.